The number of ether oxygens (including phenoxy) is 2. The maximum absolute atomic E-state index is 13.7. The van der Waals surface area contributed by atoms with Gasteiger partial charge in [-0.1, -0.05) is 40.2 Å². The summed E-state index contributed by atoms with van der Waals surface area (Å²) in [5.74, 6) is 2.08. The maximum atomic E-state index is 13.7. The van der Waals surface area contributed by atoms with Crippen molar-refractivity contribution in [3.8, 4) is 5.75 Å². The quantitative estimate of drug-likeness (QED) is 0.171. The predicted molar refractivity (Wildman–Crippen MR) is 160 cm³/mol. The minimum Gasteiger partial charge on any atom is -0.494 e. The Morgan fingerprint density at radius 3 is 2.50 bits per heavy atom. The van der Waals surface area contributed by atoms with Crippen LogP contribution < -0.4 is 15.6 Å². The zero-order valence-corrected chi connectivity index (χ0v) is 24.6. The Balaban J connectivity index is 1.42. The molecular weight excluding hydrogens is 597 g/mol. The largest absolute Gasteiger partial charge is 0.494 e. The molecule has 1 aliphatic heterocycles. The number of aliphatic hydroxyl groups excluding tert-OH is 1. The summed E-state index contributed by atoms with van der Waals surface area (Å²) in [5.41, 5.74) is 7.47. The van der Waals surface area contributed by atoms with E-state index in [9.17, 15) is 9.18 Å². The van der Waals surface area contributed by atoms with E-state index in [0.717, 1.165) is 32.7 Å². The van der Waals surface area contributed by atoms with Gasteiger partial charge in [0.15, 0.2) is 5.54 Å². The first-order valence-electron chi connectivity index (χ1n) is 13.1. The molecular formula is C30H33BrFN3O4S. The van der Waals surface area contributed by atoms with E-state index >= 15 is 0 Å². The Bertz CT molecular complexity index is 1280. The number of benzene rings is 3. The van der Waals surface area contributed by atoms with Crippen molar-refractivity contribution in [2.24, 2.45) is 4.99 Å². The van der Waals surface area contributed by atoms with Crippen LogP contribution in [0.1, 0.15) is 30.0 Å². The van der Waals surface area contributed by atoms with Crippen LogP contribution in [0.25, 0.3) is 0 Å². The highest BCUT2D eigenvalue weighted by molar-refractivity contribution is 9.10. The van der Waals surface area contributed by atoms with Crippen molar-refractivity contribution in [2.45, 2.75) is 37.2 Å². The summed E-state index contributed by atoms with van der Waals surface area (Å²) in [6.07, 6.45) is 0.408. The number of hydrogen-bond donors (Lipinski definition) is 3. The number of carbonyl (C=O) groups is 1. The summed E-state index contributed by atoms with van der Waals surface area (Å²) in [6.45, 7) is 2.92. The number of hydrogen-bond acceptors (Lipinski definition) is 7. The summed E-state index contributed by atoms with van der Waals surface area (Å²) in [6, 6.07) is 21.6. The van der Waals surface area contributed by atoms with Crippen molar-refractivity contribution in [1.29, 1.82) is 0 Å². The molecule has 0 saturated carbocycles. The minimum atomic E-state index is -1.17. The standard InChI is InChI=1S/C30H33BrFN3O4S/c1-21-30(19-22-3-9-25(31)10-4-22,29(37)35-33-15-18-40-20-23-5-11-26(32)12-6-23)34-28(39-21)24-7-13-27(14-8-24)38-17-2-16-36/h3-14,21,33,36H,2,15-20H2,1H3,(H,35,37)/t21-,30-/m0/s1. The van der Waals surface area contributed by atoms with Crippen LogP contribution >= 0.6 is 27.7 Å². The van der Waals surface area contributed by atoms with Gasteiger partial charge in [0.1, 0.15) is 17.7 Å². The van der Waals surface area contributed by atoms with Crippen molar-refractivity contribution in [2.75, 3.05) is 25.5 Å². The van der Waals surface area contributed by atoms with Gasteiger partial charge in [0.05, 0.1) is 6.61 Å². The highest BCUT2D eigenvalue weighted by atomic mass is 79.9. The summed E-state index contributed by atoms with van der Waals surface area (Å²) in [4.78, 5) is 18.5. The van der Waals surface area contributed by atoms with Gasteiger partial charge in [0.2, 0.25) is 5.90 Å². The third-order valence-electron chi connectivity index (χ3n) is 6.47. The van der Waals surface area contributed by atoms with Gasteiger partial charge < -0.3 is 14.6 Å². The zero-order chi connectivity index (χ0) is 28.4. The summed E-state index contributed by atoms with van der Waals surface area (Å²) >= 11 is 5.16. The normalized spacial score (nSPS) is 18.2. The lowest BCUT2D eigenvalue weighted by atomic mass is 9.86. The summed E-state index contributed by atoms with van der Waals surface area (Å²) < 4.78 is 25.8. The van der Waals surface area contributed by atoms with E-state index in [0.29, 0.717) is 37.6 Å². The molecule has 0 aromatic heterocycles. The fourth-order valence-corrected chi connectivity index (χ4v) is 5.28. The van der Waals surface area contributed by atoms with E-state index in [2.05, 4.69) is 26.8 Å². The van der Waals surface area contributed by atoms with Gasteiger partial charge in [-0.15, -0.1) is 0 Å². The lowest BCUT2D eigenvalue weighted by Gasteiger charge is -2.28. The molecule has 1 heterocycles. The molecule has 4 rings (SSSR count). The van der Waals surface area contributed by atoms with E-state index in [1.54, 1.807) is 23.9 Å². The SMILES string of the molecule is C[C@@H]1OC(c2ccc(OCCCO)cc2)=N[C@]1(Cc1ccc(Br)cc1)C(=O)NNCCSCc1ccc(F)cc1. The molecule has 1 aliphatic rings. The van der Waals surface area contributed by atoms with E-state index < -0.39 is 11.6 Å². The smallest absolute Gasteiger partial charge is 0.266 e. The predicted octanol–water partition coefficient (Wildman–Crippen LogP) is 5.05. The van der Waals surface area contributed by atoms with Crippen LogP contribution in [0.5, 0.6) is 5.75 Å². The lowest BCUT2D eigenvalue weighted by Crippen LogP contribution is -2.56. The third kappa shape index (κ3) is 8.06. The third-order valence-corrected chi connectivity index (χ3v) is 8.03. The first-order chi connectivity index (χ1) is 19.4. The molecule has 10 heteroatoms. The Labute approximate surface area is 246 Å². The minimum absolute atomic E-state index is 0.0762. The first kappa shape index (κ1) is 30.0. The molecule has 0 radical (unpaired) electrons. The molecule has 0 saturated heterocycles. The van der Waals surface area contributed by atoms with Gasteiger partial charge in [0, 0.05) is 47.5 Å². The molecule has 212 valence electrons. The summed E-state index contributed by atoms with van der Waals surface area (Å²) in [7, 11) is 0. The fraction of sp³-hybridized carbons (Fsp3) is 0.333. The van der Waals surface area contributed by atoms with Crippen molar-refractivity contribution < 1.29 is 23.8 Å². The number of amides is 1. The number of carbonyl (C=O) groups excluding carboxylic acids is 1. The Morgan fingerprint density at radius 1 is 1.10 bits per heavy atom. The molecule has 3 N–H and O–H groups in total. The van der Waals surface area contributed by atoms with Crippen LogP contribution in [-0.2, 0) is 21.7 Å². The molecule has 3 aromatic rings. The fourth-order valence-electron chi connectivity index (χ4n) is 4.20. The second-order valence-corrected chi connectivity index (χ2v) is 11.4. The number of nitrogens with zero attached hydrogens (tertiary/aromatic N) is 1. The highest BCUT2D eigenvalue weighted by Crippen LogP contribution is 2.33. The first-order valence-corrected chi connectivity index (χ1v) is 15.0. The van der Waals surface area contributed by atoms with Gasteiger partial charge in [-0.05, 0) is 66.6 Å². The van der Waals surface area contributed by atoms with E-state index in [-0.39, 0.29) is 18.3 Å². The topological polar surface area (TPSA) is 92.2 Å². The average molecular weight is 631 g/mol. The number of aliphatic hydroxyl groups is 1. The van der Waals surface area contributed by atoms with Crippen molar-refractivity contribution in [3.63, 3.8) is 0 Å². The van der Waals surface area contributed by atoms with Crippen LogP contribution in [0.2, 0.25) is 0 Å². The van der Waals surface area contributed by atoms with Gasteiger partial charge >= 0.3 is 0 Å². The highest BCUT2D eigenvalue weighted by Gasteiger charge is 2.50. The molecule has 0 bridgehead atoms. The number of rotatable bonds is 14. The summed E-state index contributed by atoms with van der Waals surface area (Å²) in [5, 5.41) is 8.95. The Kier molecular flexibility index (Phi) is 11.0. The molecule has 0 unspecified atom stereocenters. The van der Waals surface area contributed by atoms with Crippen molar-refractivity contribution in [3.05, 3.63) is 99.8 Å². The second-order valence-electron chi connectivity index (χ2n) is 9.41. The van der Waals surface area contributed by atoms with Gasteiger partial charge in [-0.25, -0.2) is 14.8 Å². The molecule has 0 fully saturated rings. The van der Waals surface area contributed by atoms with Crippen LogP contribution in [0.15, 0.2) is 82.3 Å². The Morgan fingerprint density at radius 2 is 1.80 bits per heavy atom. The number of hydrazine groups is 1. The van der Waals surface area contributed by atoms with Gasteiger partial charge in [0.25, 0.3) is 5.91 Å². The molecule has 2 atom stereocenters. The lowest BCUT2D eigenvalue weighted by molar-refractivity contribution is -0.129. The van der Waals surface area contributed by atoms with E-state index in [4.69, 9.17) is 19.6 Å². The number of thioether (sulfide) groups is 1. The van der Waals surface area contributed by atoms with Crippen LogP contribution in [0.4, 0.5) is 4.39 Å². The van der Waals surface area contributed by atoms with E-state index in [1.807, 2.05) is 55.5 Å². The van der Waals surface area contributed by atoms with Crippen molar-refractivity contribution in [1.82, 2.24) is 10.9 Å². The molecule has 0 aliphatic carbocycles. The molecule has 0 spiro atoms. The zero-order valence-electron chi connectivity index (χ0n) is 22.2. The maximum Gasteiger partial charge on any atom is 0.266 e. The van der Waals surface area contributed by atoms with Crippen LogP contribution in [-0.4, -0.2) is 54.1 Å². The van der Waals surface area contributed by atoms with Gasteiger partial charge in [-0.2, -0.15) is 11.8 Å². The van der Waals surface area contributed by atoms with Crippen molar-refractivity contribution >= 4 is 39.5 Å². The number of nitrogens with one attached hydrogen (secondary N) is 2. The van der Waals surface area contributed by atoms with Crippen LogP contribution in [0.3, 0.4) is 0 Å². The second kappa shape index (κ2) is 14.6. The molecule has 40 heavy (non-hydrogen) atoms. The number of halogens is 2. The van der Waals surface area contributed by atoms with Gasteiger partial charge in [-0.3, -0.25) is 10.2 Å². The molecule has 7 nitrogen and oxygen atoms in total. The van der Waals surface area contributed by atoms with E-state index in [1.165, 1.54) is 12.1 Å². The monoisotopic (exact) mass is 629 g/mol. The number of aliphatic imine (C=N–C) groups is 1. The average Bonchev–Trinajstić information content (AvgIpc) is 3.30. The molecule has 3 aromatic carbocycles. The Hall–Kier alpha value is -2.92. The molecule has 1 amide bonds. The van der Waals surface area contributed by atoms with Crippen LogP contribution in [0, 0.1) is 5.82 Å².